The maximum absolute atomic E-state index is 12.0. The summed E-state index contributed by atoms with van der Waals surface area (Å²) in [4.78, 5) is 23.2. The largest absolute Gasteiger partial charge is 0.453 e. The number of benzene rings is 1. The van der Waals surface area contributed by atoms with E-state index in [4.69, 9.17) is 4.74 Å². The van der Waals surface area contributed by atoms with Crippen molar-refractivity contribution >= 4 is 5.97 Å². The van der Waals surface area contributed by atoms with E-state index in [-0.39, 0.29) is 17.9 Å². The van der Waals surface area contributed by atoms with Crippen molar-refractivity contribution in [3.63, 3.8) is 0 Å². The molecule has 3 rings (SSSR count). The zero-order chi connectivity index (χ0) is 16.2. The molecule has 0 radical (unpaired) electrons. The molecule has 116 valence electrons. The number of hydrogen-bond acceptors (Lipinski definition) is 7. The maximum atomic E-state index is 12.0. The Morgan fingerprint density at radius 1 is 1.17 bits per heavy atom. The van der Waals surface area contributed by atoms with E-state index >= 15 is 0 Å². The summed E-state index contributed by atoms with van der Waals surface area (Å²) in [6, 6.07) is 11.8. The van der Waals surface area contributed by atoms with Crippen LogP contribution in [0.25, 0.3) is 5.69 Å². The predicted molar refractivity (Wildman–Crippen MR) is 77.8 cm³/mol. The summed E-state index contributed by atoms with van der Waals surface area (Å²) >= 11 is 0. The van der Waals surface area contributed by atoms with Crippen LogP contribution < -0.4 is 5.56 Å². The molecule has 2 aromatic heterocycles. The Balaban J connectivity index is 1.74. The Morgan fingerprint density at radius 2 is 1.96 bits per heavy atom. The van der Waals surface area contributed by atoms with Gasteiger partial charge < -0.3 is 4.74 Å². The molecule has 9 nitrogen and oxygen atoms in total. The van der Waals surface area contributed by atoms with Crippen LogP contribution >= 0.6 is 0 Å². The Labute approximate surface area is 130 Å². The Hall–Kier alpha value is -3.36. The number of nitrogens with zero attached hydrogens (tertiary/aromatic N) is 6. The molecular formula is C14H12N6O3. The molecule has 3 aromatic rings. The number of para-hydroxylation sites is 1. The van der Waals surface area contributed by atoms with Gasteiger partial charge in [-0.2, -0.15) is 9.78 Å². The van der Waals surface area contributed by atoms with Crippen molar-refractivity contribution in [1.82, 2.24) is 30.0 Å². The molecular weight excluding hydrogens is 300 g/mol. The Morgan fingerprint density at radius 3 is 2.70 bits per heavy atom. The van der Waals surface area contributed by atoms with Crippen molar-refractivity contribution in [1.29, 1.82) is 0 Å². The fraction of sp³-hybridized carbons (Fsp3) is 0.143. The number of carbonyl (C=O) groups is 1. The Bertz CT molecular complexity index is 887. The van der Waals surface area contributed by atoms with Crippen LogP contribution in [0.4, 0.5) is 0 Å². The van der Waals surface area contributed by atoms with Gasteiger partial charge in [0, 0.05) is 13.1 Å². The zero-order valence-electron chi connectivity index (χ0n) is 12.2. The summed E-state index contributed by atoms with van der Waals surface area (Å²) in [5.41, 5.74) is 0.476. The summed E-state index contributed by atoms with van der Waals surface area (Å²) in [6.07, 6.45) is 0. The molecule has 0 spiro atoms. The fourth-order valence-electron chi connectivity index (χ4n) is 1.88. The van der Waals surface area contributed by atoms with Crippen molar-refractivity contribution in [3.8, 4) is 5.69 Å². The molecule has 0 N–H and O–H groups in total. The topological polar surface area (TPSA) is 105 Å². The second kappa shape index (κ2) is 6.18. The van der Waals surface area contributed by atoms with Crippen LogP contribution in [0.2, 0.25) is 0 Å². The van der Waals surface area contributed by atoms with E-state index in [1.54, 1.807) is 0 Å². The highest BCUT2D eigenvalue weighted by molar-refractivity contribution is 5.86. The highest BCUT2D eigenvalue weighted by Crippen LogP contribution is 2.08. The molecule has 0 saturated carbocycles. The lowest BCUT2D eigenvalue weighted by Gasteiger charge is -2.06. The normalized spacial score (nSPS) is 10.5. The van der Waals surface area contributed by atoms with Gasteiger partial charge in [-0.25, -0.2) is 9.48 Å². The van der Waals surface area contributed by atoms with Crippen molar-refractivity contribution in [2.24, 2.45) is 7.05 Å². The minimum Gasteiger partial charge on any atom is -0.453 e. The molecule has 0 aliphatic rings. The number of hydrogen-bond donors (Lipinski definition) is 0. The SMILES string of the molecule is Cn1nc(C(=O)OCc2nnnn2-c2ccccc2)ccc1=O. The van der Waals surface area contributed by atoms with Crippen LogP contribution in [0.3, 0.4) is 0 Å². The number of rotatable bonds is 4. The first-order valence-electron chi connectivity index (χ1n) is 6.69. The molecule has 0 fully saturated rings. The summed E-state index contributed by atoms with van der Waals surface area (Å²) in [5, 5.41) is 15.1. The van der Waals surface area contributed by atoms with Gasteiger partial charge in [0.05, 0.1) is 5.69 Å². The zero-order valence-corrected chi connectivity index (χ0v) is 12.2. The van der Waals surface area contributed by atoms with Crippen LogP contribution in [0.5, 0.6) is 0 Å². The molecule has 2 heterocycles. The number of tetrazole rings is 1. The monoisotopic (exact) mass is 312 g/mol. The third kappa shape index (κ3) is 3.12. The number of aryl methyl sites for hydroxylation is 1. The van der Waals surface area contributed by atoms with Crippen molar-refractivity contribution in [2.45, 2.75) is 6.61 Å². The molecule has 0 unspecified atom stereocenters. The lowest BCUT2D eigenvalue weighted by molar-refractivity contribution is 0.0449. The minimum absolute atomic E-state index is 0.0332. The molecule has 0 atom stereocenters. The van der Waals surface area contributed by atoms with Crippen molar-refractivity contribution in [3.05, 3.63) is 64.3 Å². The first-order valence-corrected chi connectivity index (χ1v) is 6.69. The first kappa shape index (κ1) is 14.6. The van der Waals surface area contributed by atoms with E-state index in [0.717, 1.165) is 10.4 Å². The van der Waals surface area contributed by atoms with E-state index in [1.165, 1.54) is 23.9 Å². The predicted octanol–water partition coefficient (Wildman–Crippen LogP) is 0.113. The fourth-order valence-corrected chi connectivity index (χ4v) is 1.88. The van der Waals surface area contributed by atoms with Crippen LogP contribution in [-0.4, -0.2) is 36.0 Å². The molecule has 1 aromatic carbocycles. The second-order valence-corrected chi connectivity index (χ2v) is 4.60. The van der Waals surface area contributed by atoms with Crippen LogP contribution in [0.15, 0.2) is 47.3 Å². The summed E-state index contributed by atoms with van der Waals surface area (Å²) < 4.78 is 7.68. The smallest absolute Gasteiger partial charge is 0.359 e. The third-order valence-electron chi connectivity index (χ3n) is 3.04. The molecule has 0 bridgehead atoms. The van der Waals surface area contributed by atoms with Gasteiger partial charge in [-0.3, -0.25) is 4.79 Å². The molecule has 0 aliphatic heterocycles. The molecule has 9 heteroatoms. The molecule has 0 aliphatic carbocycles. The quantitative estimate of drug-likeness (QED) is 0.630. The van der Waals surface area contributed by atoms with Gasteiger partial charge in [0.2, 0.25) is 0 Å². The summed E-state index contributed by atoms with van der Waals surface area (Å²) in [5.74, 6) is -0.294. The summed E-state index contributed by atoms with van der Waals surface area (Å²) in [7, 11) is 1.45. The minimum atomic E-state index is -0.664. The van der Waals surface area contributed by atoms with Crippen molar-refractivity contribution in [2.75, 3.05) is 0 Å². The average molecular weight is 312 g/mol. The highest BCUT2D eigenvalue weighted by Gasteiger charge is 2.14. The number of ether oxygens (including phenoxy) is 1. The Kier molecular flexibility index (Phi) is 3.91. The second-order valence-electron chi connectivity index (χ2n) is 4.60. The number of esters is 1. The van der Waals surface area contributed by atoms with E-state index < -0.39 is 5.97 Å². The lowest BCUT2D eigenvalue weighted by atomic mass is 10.3. The molecule has 0 saturated heterocycles. The van der Waals surface area contributed by atoms with Crippen LogP contribution in [-0.2, 0) is 18.4 Å². The summed E-state index contributed by atoms with van der Waals surface area (Å²) in [6.45, 7) is -0.120. The van der Waals surface area contributed by atoms with Gasteiger partial charge in [0.1, 0.15) is 0 Å². The lowest BCUT2D eigenvalue weighted by Crippen LogP contribution is -2.22. The van der Waals surface area contributed by atoms with Gasteiger partial charge in [-0.1, -0.05) is 18.2 Å². The van der Waals surface area contributed by atoms with Crippen molar-refractivity contribution < 1.29 is 9.53 Å². The number of carbonyl (C=O) groups excluding carboxylic acids is 1. The van der Waals surface area contributed by atoms with Gasteiger partial charge in [0.15, 0.2) is 18.1 Å². The standard InChI is InChI=1S/C14H12N6O3/c1-19-13(21)8-7-11(16-19)14(22)23-9-12-15-17-18-20(12)10-5-3-2-4-6-10/h2-8H,9H2,1H3. The van der Waals surface area contributed by atoms with E-state index in [1.807, 2.05) is 30.3 Å². The highest BCUT2D eigenvalue weighted by atomic mass is 16.5. The van der Waals surface area contributed by atoms with E-state index in [2.05, 4.69) is 20.6 Å². The van der Waals surface area contributed by atoms with Gasteiger partial charge >= 0.3 is 5.97 Å². The maximum Gasteiger partial charge on any atom is 0.359 e. The van der Waals surface area contributed by atoms with Gasteiger partial charge in [0.25, 0.3) is 5.56 Å². The van der Waals surface area contributed by atoms with Gasteiger partial charge in [-0.05, 0) is 28.6 Å². The first-order chi connectivity index (χ1) is 11.1. The number of aromatic nitrogens is 6. The van der Waals surface area contributed by atoms with Gasteiger partial charge in [-0.15, -0.1) is 5.10 Å². The van der Waals surface area contributed by atoms with Crippen LogP contribution in [0, 0.1) is 0 Å². The molecule has 23 heavy (non-hydrogen) atoms. The molecule has 0 amide bonds. The average Bonchev–Trinajstić information content (AvgIpc) is 3.04. The van der Waals surface area contributed by atoms with Crippen LogP contribution in [0.1, 0.15) is 16.3 Å². The van der Waals surface area contributed by atoms with E-state index in [9.17, 15) is 9.59 Å². The van der Waals surface area contributed by atoms with E-state index in [0.29, 0.717) is 5.82 Å². The third-order valence-corrected chi connectivity index (χ3v) is 3.04.